The van der Waals surface area contributed by atoms with Crippen LogP contribution in [-0.2, 0) is 9.53 Å². The van der Waals surface area contributed by atoms with Crippen LogP contribution in [-0.4, -0.2) is 25.5 Å². The number of rotatable bonds is 7. The highest BCUT2D eigenvalue weighted by molar-refractivity contribution is 5.95. The van der Waals surface area contributed by atoms with Crippen molar-refractivity contribution in [2.45, 2.75) is 19.9 Å². The van der Waals surface area contributed by atoms with Gasteiger partial charge in [0.1, 0.15) is 6.04 Å². The molecular formula is C25H27N2O3+. The summed E-state index contributed by atoms with van der Waals surface area (Å²) >= 11 is 0. The summed E-state index contributed by atoms with van der Waals surface area (Å²) in [7, 11) is 1.34. The van der Waals surface area contributed by atoms with Crippen LogP contribution in [0, 0.1) is 13.8 Å². The van der Waals surface area contributed by atoms with Crippen LogP contribution in [0.5, 0.6) is 0 Å². The number of carbonyl (C=O) groups excluding carboxylic acids is 2. The van der Waals surface area contributed by atoms with Crippen LogP contribution in [0.4, 0.5) is 5.69 Å². The molecule has 3 N–H and O–H groups in total. The molecule has 3 aromatic carbocycles. The van der Waals surface area contributed by atoms with E-state index in [9.17, 15) is 9.59 Å². The molecule has 1 amide bonds. The van der Waals surface area contributed by atoms with Gasteiger partial charge in [-0.25, -0.2) is 4.79 Å². The maximum absolute atomic E-state index is 12.7. The number of carbonyl (C=O) groups is 2. The number of methoxy groups -OCH3 is 1. The number of quaternary nitrogens is 1. The second-order valence-corrected chi connectivity index (χ2v) is 7.31. The molecule has 0 radical (unpaired) electrons. The fraction of sp³-hybridized carbons (Fsp3) is 0.200. The van der Waals surface area contributed by atoms with E-state index in [1.165, 1.54) is 12.7 Å². The van der Waals surface area contributed by atoms with Crippen molar-refractivity contribution in [1.82, 2.24) is 0 Å². The highest BCUT2D eigenvalue weighted by Gasteiger charge is 2.19. The minimum atomic E-state index is -0.430. The first-order valence-electron chi connectivity index (χ1n) is 9.91. The summed E-state index contributed by atoms with van der Waals surface area (Å²) in [5.74, 6) is -0.561. The van der Waals surface area contributed by atoms with Crippen molar-refractivity contribution in [3.63, 3.8) is 0 Å². The number of benzene rings is 3. The monoisotopic (exact) mass is 403 g/mol. The van der Waals surface area contributed by atoms with E-state index in [1.807, 2.05) is 30.4 Å². The van der Waals surface area contributed by atoms with Gasteiger partial charge in [0.25, 0.3) is 5.91 Å². The summed E-state index contributed by atoms with van der Waals surface area (Å²) in [6.45, 7) is 4.19. The van der Waals surface area contributed by atoms with Crippen LogP contribution >= 0.6 is 0 Å². The molecule has 0 fully saturated rings. The number of ether oxygens (including phenoxy) is 1. The molecule has 0 saturated heterocycles. The van der Waals surface area contributed by atoms with Gasteiger partial charge in [-0.3, -0.25) is 4.79 Å². The molecule has 5 heteroatoms. The number of hydrogen-bond donors (Lipinski definition) is 2. The molecule has 5 nitrogen and oxygen atoms in total. The number of nitrogens with two attached hydrogens (primary N) is 1. The lowest BCUT2D eigenvalue weighted by atomic mass is 9.98. The zero-order valence-electron chi connectivity index (χ0n) is 17.5. The first kappa shape index (κ1) is 21.3. The number of aryl methyl sites for hydroxylation is 2. The summed E-state index contributed by atoms with van der Waals surface area (Å²) in [5.41, 5.74) is 5.38. The SMILES string of the molecule is COC(=O)c1ccc(C)c(NC(=O)C[NH2+][C@@H](c2ccccc2)c2ccc(C)cc2)c1. The Kier molecular flexibility index (Phi) is 6.99. The molecule has 3 rings (SSSR count). The average molecular weight is 404 g/mol. The van der Waals surface area contributed by atoms with Crippen LogP contribution < -0.4 is 10.6 Å². The van der Waals surface area contributed by atoms with Crippen molar-refractivity contribution in [2.75, 3.05) is 19.0 Å². The quantitative estimate of drug-likeness (QED) is 0.594. The Morgan fingerprint density at radius 2 is 1.60 bits per heavy atom. The van der Waals surface area contributed by atoms with Crippen LogP contribution in [0.3, 0.4) is 0 Å². The van der Waals surface area contributed by atoms with Gasteiger partial charge in [0.05, 0.1) is 12.7 Å². The van der Waals surface area contributed by atoms with E-state index in [-0.39, 0.29) is 18.5 Å². The molecule has 0 aliphatic heterocycles. The second kappa shape index (κ2) is 9.85. The fourth-order valence-corrected chi connectivity index (χ4v) is 3.33. The van der Waals surface area contributed by atoms with Crippen LogP contribution in [0.15, 0.2) is 72.8 Å². The van der Waals surface area contributed by atoms with Gasteiger partial charge in [-0.2, -0.15) is 0 Å². The molecule has 0 bridgehead atoms. The standard InChI is InChI=1S/C25H26N2O3/c1-17-9-12-20(13-10-17)24(19-7-5-4-6-8-19)26-16-23(28)27-22-15-21(25(29)30-3)14-11-18(22)2/h4-15,24,26H,16H2,1-3H3,(H,27,28)/p+1/t24-/m0/s1. The molecule has 3 aromatic rings. The molecule has 154 valence electrons. The number of nitrogens with one attached hydrogen (secondary N) is 1. The summed E-state index contributed by atoms with van der Waals surface area (Å²) in [6, 6.07) is 23.7. The predicted octanol–water partition coefficient (Wildman–Crippen LogP) is 3.38. The van der Waals surface area contributed by atoms with Gasteiger partial charge in [0.2, 0.25) is 0 Å². The zero-order valence-corrected chi connectivity index (χ0v) is 17.5. The molecule has 1 atom stereocenters. The summed E-state index contributed by atoms with van der Waals surface area (Å²) < 4.78 is 4.76. The van der Waals surface area contributed by atoms with Crippen molar-refractivity contribution in [2.24, 2.45) is 0 Å². The highest BCUT2D eigenvalue weighted by Crippen LogP contribution is 2.19. The molecule has 0 unspecified atom stereocenters. The first-order valence-corrected chi connectivity index (χ1v) is 9.91. The van der Waals surface area contributed by atoms with E-state index in [1.54, 1.807) is 18.2 Å². The molecule has 0 aromatic heterocycles. The van der Waals surface area contributed by atoms with Crippen molar-refractivity contribution in [3.05, 3.63) is 101 Å². The first-order chi connectivity index (χ1) is 14.5. The lowest BCUT2D eigenvalue weighted by molar-refractivity contribution is -0.676. The zero-order chi connectivity index (χ0) is 21.5. The number of anilines is 1. The van der Waals surface area contributed by atoms with Gasteiger partial charge in [-0.05, 0) is 31.5 Å². The van der Waals surface area contributed by atoms with Gasteiger partial charge in [-0.15, -0.1) is 0 Å². The van der Waals surface area contributed by atoms with E-state index in [0.29, 0.717) is 11.3 Å². The minimum Gasteiger partial charge on any atom is -0.465 e. The smallest absolute Gasteiger partial charge is 0.337 e. The number of esters is 1. The Hall–Kier alpha value is -3.44. The van der Waals surface area contributed by atoms with E-state index in [0.717, 1.165) is 16.7 Å². The lowest BCUT2D eigenvalue weighted by Crippen LogP contribution is -2.87. The third-order valence-corrected chi connectivity index (χ3v) is 5.07. The third kappa shape index (κ3) is 5.33. The van der Waals surface area contributed by atoms with Crippen molar-refractivity contribution >= 4 is 17.6 Å². The van der Waals surface area contributed by atoms with E-state index in [2.05, 4.69) is 48.6 Å². The Balaban J connectivity index is 1.74. The Morgan fingerprint density at radius 1 is 0.933 bits per heavy atom. The van der Waals surface area contributed by atoms with E-state index in [4.69, 9.17) is 4.74 Å². The highest BCUT2D eigenvalue weighted by atomic mass is 16.5. The van der Waals surface area contributed by atoms with Gasteiger partial charge >= 0.3 is 5.97 Å². The van der Waals surface area contributed by atoms with Crippen LogP contribution in [0.1, 0.15) is 38.7 Å². The lowest BCUT2D eigenvalue weighted by Gasteiger charge is -2.17. The molecule has 0 heterocycles. The van der Waals surface area contributed by atoms with Crippen LogP contribution in [0.2, 0.25) is 0 Å². The molecular weight excluding hydrogens is 376 g/mol. The predicted molar refractivity (Wildman–Crippen MR) is 117 cm³/mol. The summed E-state index contributed by atoms with van der Waals surface area (Å²) in [6.07, 6.45) is 0. The maximum Gasteiger partial charge on any atom is 0.337 e. The van der Waals surface area contributed by atoms with Gasteiger partial charge < -0.3 is 15.4 Å². The molecule has 0 aliphatic rings. The summed E-state index contributed by atoms with van der Waals surface area (Å²) in [5, 5.41) is 4.94. The third-order valence-electron chi connectivity index (χ3n) is 5.07. The molecule has 0 saturated carbocycles. The fourth-order valence-electron chi connectivity index (χ4n) is 3.33. The minimum absolute atomic E-state index is 0.0139. The van der Waals surface area contributed by atoms with Crippen molar-refractivity contribution in [1.29, 1.82) is 0 Å². The second-order valence-electron chi connectivity index (χ2n) is 7.31. The Bertz CT molecular complexity index is 1010. The Labute approximate surface area is 177 Å². The normalized spacial score (nSPS) is 11.6. The largest absolute Gasteiger partial charge is 0.465 e. The van der Waals surface area contributed by atoms with E-state index >= 15 is 0 Å². The summed E-state index contributed by atoms with van der Waals surface area (Å²) in [4.78, 5) is 24.5. The van der Waals surface area contributed by atoms with Gasteiger partial charge in [0.15, 0.2) is 6.54 Å². The molecule has 30 heavy (non-hydrogen) atoms. The van der Waals surface area contributed by atoms with Crippen molar-refractivity contribution < 1.29 is 19.6 Å². The van der Waals surface area contributed by atoms with Crippen molar-refractivity contribution in [3.8, 4) is 0 Å². The molecule has 0 spiro atoms. The van der Waals surface area contributed by atoms with E-state index < -0.39 is 5.97 Å². The average Bonchev–Trinajstić information content (AvgIpc) is 2.77. The van der Waals surface area contributed by atoms with Gasteiger partial charge in [0, 0.05) is 16.8 Å². The maximum atomic E-state index is 12.7. The Morgan fingerprint density at radius 3 is 2.27 bits per heavy atom. The number of amides is 1. The van der Waals surface area contributed by atoms with Crippen LogP contribution in [0.25, 0.3) is 0 Å². The van der Waals surface area contributed by atoms with Gasteiger partial charge in [-0.1, -0.05) is 66.2 Å². The topological polar surface area (TPSA) is 72.0 Å². The molecule has 0 aliphatic carbocycles. The number of hydrogen-bond acceptors (Lipinski definition) is 3.